The molecule has 1 amide bonds. The summed E-state index contributed by atoms with van der Waals surface area (Å²) in [7, 11) is 0. The maximum absolute atomic E-state index is 11.1. The molecule has 2 unspecified atom stereocenters. The average Bonchev–Trinajstić information content (AvgIpc) is 2.16. The SMILES string of the molecule is CCN1CCC(C#N)CC1C(N)=O. The highest BCUT2D eigenvalue weighted by Crippen LogP contribution is 2.21. The molecule has 0 aromatic carbocycles. The van der Waals surface area contributed by atoms with Gasteiger partial charge in [-0.1, -0.05) is 6.92 Å². The Hall–Kier alpha value is -1.08. The largest absolute Gasteiger partial charge is 0.368 e. The number of primary amides is 1. The quantitative estimate of drug-likeness (QED) is 0.656. The zero-order chi connectivity index (χ0) is 9.84. The van der Waals surface area contributed by atoms with Gasteiger partial charge in [0.05, 0.1) is 12.1 Å². The molecular weight excluding hydrogens is 166 g/mol. The molecule has 2 N–H and O–H groups in total. The van der Waals surface area contributed by atoms with Crippen LogP contribution in [-0.4, -0.2) is 29.9 Å². The fourth-order valence-corrected chi connectivity index (χ4v) is 1.81. The van der Waals surface area contributed by atoms with E-state index < -0.39 is 0 Å². The lowest BCUT2D eigenvalue weighted by Gasteiger charge is -2.34. The lowest BCUT2D eigenvalue weighted by molar-refractivity contribution is -0.124. The van der Waals surface area contributed by atoms with Gasteiger partial charge in [-0.3, -0.25) is 9.69 Å². The van der Waals surface area contributed by atoms with E-state index in [4.69, 9.17) is 11.0 Å². The molecule has 1 rings (SSSR count). The summed E-state index contributed by atoms with van der Waals surface area (Å²) in [5.74, 6) is -0.304. The molecule has 0 aliphatic carbocycles. The molecule has 2 atom stereocenters. The average molecular weight is 181 g/mol. The molecular formula is C9H15N3O. The molecule has 72 valence electrons. The molecule has 0 aromatic heterocycles. The number of likely N-dealkylation sites (tertiary alicyclic amines) is 1. The van der Waals surface area contributed by atoms with Gasteiger partial charge in [0.2, 0.25) is 5.91 Å². The third kappa shape index (κ3) is 2.19. The van der Waals surface area contributed by atoms with E-state index in [-0.39, 0.29) is 17.9 Å². The van der Waals surface area contributed by atoms with E-state index >= 15 is 0 Å². The van der Waals surface area contributed by atoms with E-state index in [2.05, 4.69) is 6.07 Å². The van der Waals surface area contributed by atoms with Gasteiger partial charge in [-0.2, -0.15) is 5.26 Å². The summed E-state index contributed by atoms with van der Waals surface area (Å²) in [6.45, 7) is 3.64. The van der Waals surface area contributed by atoms with E-state index in [0.717, 1.165) is 19.5 Å². The fraction of sp³-hybridized carbons (Fsp3) is 0.778. The summed E-state index contributed by atoms with van der Waals surface area (Å²) in [5.41, 5.74) is 5.26. The standard InChI is InChI=1S/C9H15N3O/c1-2-12-4-3-7(6-10)5-8(12)9(11)13/h7-8H,2-5H2,1H3,(H2,11,13). The van der Waals surface area contributed by atoms with Gasteiger partial charge >= 0.3 is 0 Å². The number of nitrogens with two attached hydrogens (primary N) is 1. The second-order valence-corrected chi connectivity index (χ2v) is 3.40. The van der Waals surface area contributed by atoms with Crippen LogP contribution in [0.1, 0.15) is 19.8 Å². The zero-order valence-electron chi connectivity index (χ0n) is 7.86. The monoisotopic (exact) mass is 181 g/mol. The maximum atomic E-state index is 11.1. The summed E-state index contributed by atoms with van der Waals surface area (Å²) in [5, 5.41) is 8.73. The predicted octanol–water partition coefficient (Wildman–Crippen LogP) is 0.0958. The Morgan fingerprint density at radius 1 is 1.77 bits per heavy atom. The highest BCUT2D eigenvalue weighted by atomic mass is 16.1. The molecule has 0 radical (unpaired) electrons. The van der Waals surface area contributed by atoms with Crippen molar-refractivity contribution < 1.29 is 4.79 Å². The van der Waals surface area contributed by atoms with Crippen molar-refractivity contribution in [3.8, 4) is 6.07 Å². The molecule has 0 aromatic rings. The molecule has 0 spiro atoms. The van der Waals surface area contributed by atoms with Crippen molar-refractivity contribution >= 4 is 5.91 Å². The molecule has 4 heteroatoms. The third-order valence-corrected chi connectivity index (χ3v) is 2.63. The first-order chi connectivity index (χ1) is 6.19. The van der Waals surface area contributed by atoms with Crippen LogP contribution in [0.5, 0.6) is 0 Å². The van der Waals surface area contributed by atoms with Crippen molar-refractivity contribution in [2.24, 2.45) is 11.7 Å². The molecule has 0 bridgehead atoms. The lowest BCUT2D eigenvalue weighted by atomic mass is 9.92. The van der Waals surface area contributed by atoms with Crippen LogP contribution in [0.25, 0.3) is 0 Å². The molecule has 13 heavy (non-hydrogen) atoms. The van der Waals surface area contributed by atoms with Crippen molar-refractivity contribution in [1.29, 1.82) is 5.26 Å². The molecule has 1 heterocycles. The Morgan fingerprint density at radius 2 is 2.46 bits per heavy atom. The highest BCUT2D eigenvalue weighted by Gasteiger charge is 2.30. The Morgan fingerprint density at radius 3 is 2.92 bits per heavy atom. The van der Waals surface area contributed by atoms with E-state index in [9.17, 15) is 4.79 Å². The first kappa shape index (κ1) is 10.0. The van der Waals surface area contributed by atoms with Crippen molar-refractivity contribution in [1.82, 2.24) is 4.90 Å². The van der Waals surface area contributed by atoms with E-state index in [1.807, 2.05) is 11.8 Å². The van der Waals surface area contributed by atoms with Gasteiger partial charge in [0.1, 0.15) is 0 Å². The Labute approximate surface area is 78.3 Å². The summed E-state index contributed by atoms with van der Waals surface area (Å²) >= 11 is 0. The van der Waals surface area contributed by atoms with Crippen LogP contribution in [0, 0.1) is 17.2 Å². The topological polar surface area (TPSA) is 70.1 Å². The zero-order valence-corrected chi connectivity index (χ0v) is 7.86. The normalized spacial score (nSPS) is 29.5. The minimum absolute atomic E-state index is 0.000278. The number of rotatable bonds is 2. The van der Waals surface area contributed by atoms with Crippen molar-refractivity contribution in [3.05, 3.63) is 0 Å². The first-order valence-corrected chi connectivity index (χ1v) is 4.62. The Balaban J connectivity index is 2.64. The molecule has 4 nitrogen and oxygen atoms in total. The van der Waals surface area contributed by atoms with Gasteiger partial charge in [-0.15, -0.1) is 0 Å². The summed E-state index contributed by atoms with van der Waals surface area (Å²) in [4.78, 5) is 13.1. The van der Waals surface area contributed by atoms with E-state index in [0.29, 0.717) is 6.42 Å². The number of hydrogen-bond acceptors (Lipinski definition) is 3. The van der Waals surface area contributed by atoms with Crippen LogP contribution in [0.3, 0.4) is 0 Å². The summed E-state index contributed by atoms with van der Waals surface area (Å²) in [6.07, 6.45) is 1.45. The fourth-order valence-electron chi connectivity index (χ4n) is 1.81. The van der Waals surface area contributed by atoms with Gasteiger partial charge < -0.3 is 5.73 Å². The number of likely N-dealkylation sites (N-methyl/N-ethyl adjacent to an activating group) is 1. The summed E-state index contributed by atoms with van der Waals surface area (Å²) < 4.78 is 0. The molecule has 1 fully saturated rings. The number of nitrogens with zero attached hydrogens (tertiary/aromatic N) is 2. The Kier molecular flexibility index (Phi) is 3.26. The second kappa shape index (κ2) is 4.24. The van der Waals surface area contributed by atoms with Crippen LogP contribution in [-0.2, 0) is 4.79 Å². The van der Waals surface area contributed by atoms with E-state index in [1.54, 1.807) is 0 Å². The van der Waals surface area contributed by atoms with Gasteiger partial charge in [0, 0.05) is 12.5 Å². The van der Waals surface area contributed by atoms with E-state index in [1.165, 1.54) is 0 Å². The maximum Gasteiger partial charge on any atom is 0.234 e. The van der Waals surface area contributed by atoms with Crippen molar-refractivity contribution in [3.63, 3.8) is 0 Å². The Bertz CT molecular complexity index is 234. The van der Waals surface area contributed by atoms with Crippen LogP contribution in [0.2, 0.25) is 0 Å². The minimum Gasteiger partial charge on any atom is -0.368 e. The first-order valence-electron chi connectivity index (χ1n) is 4.62. The van der Waals surface area contributed by atoms with Gasteiger partial charge in [-0.05, 0) is 19.4 Å². The highest BCUT2D eigenvalue weighted by molar-refractivity contribution is 5.80. The molecule has 1 aliphatic heterocycles. The number of piperidine rings is 1. The minimum atomic E-state index is -0.304. The second-order valence-electron chi connectivity index (χ2n) is 3.40. The van der Waals surface area contributed by atoms with Crippen molar-refractivity contribution in [2.75, 3.05) is 13.1 Å². The van der Waals surface area contributed by atoms with Gasteiger partial charge in [0.15, 0.2) is 0 Å². The van der Waals surface area contributed by atoms with Gasteiger partial charge in [0.25, 0.3) is 0 Å². The summed E-state index contributed by atoms with van der Waals surface area (Å²) in [6, 6.07) is 1.97. The molecule has 0 saturated carbocycles. The van der Waals surface area contributed by atoms with Crippen LogP contribution in [0.4, 0.5) is 0 Å². The smallest absolute Gasteiger partial charge is 0.234 e. The number of hydrogen-bond donors (Lipinski definition) is 1. The van der Waals surface area contributed by atoms with Crippen molar-refractivity contribution in [2.45, 2.75) is 25.8 Å². The van der Waals surface area contributed by atoms with Crippen LogP contribution in [0.15, 0.2) is 0 Å². The number of amides is 1. The predicted molar refractivity (Wildman–Crippen MR) is 48.6 cm³/mol. The number of carbonyl (C=O) groups is 1. The third-order valence-electron chi connectivity index (χ3n) is 2.63. The number of carbonyl (C=O) groups excluding carboxylic acids is 1. The van der Waals surface area contributed by atoms with Crippen LogP contribution >= 0.6 is 0 Å². The lowest BCUT2D eigenvalue weighted by Crippen LogP contribution is -2.49. The number of nitriles is 1. The molecule has 1 aliphatic rings. The van der Waals surface area contributed by atoms with Crippen LogP contribution < -0.4 is 5.73 Å². The molecule has 1 saturated heterocycles. The van der Waals surface area contributed by atoms with Gasteiger partial charge in [-0.25, -0.2) is 0 Å².